The Morgan fingerprint density at radius 2 is 1.94 bits per heavy atom. The lowest BCUT2D eigenvalue weighted by molar-refractivity contribution is -0.384. The summed E-state index contributed by atoms with van der Waals surface area (Å²) in [4.78, 5) is 49.3. The largest absolute Gasteiger partial charge is 0.480 e. The molecule has 36 heavy (non-hydrogen) atoms. The molecule has 2 aliphatic heterocycles. The summed E-state index contributed by atoms with van der Waals surface area (Å²) in [6, 6.07) is 14.6. The zero-order chi connectivity index (χ0) is 25.8. The number of carboxylic acids is 1. The van der Waals surface area contributed by atoms with Crippen LogP contribution in [0.25, 0.3) is 0 Å². The maximum atomic E-state index is 13.5. The monoisotopic (exact) mass is 509 g/mol. The topological polar surface area (TPSA) is 139 Å². The fourth-order valence-corrected chi connectivity index (χ4v) is 5.40. The molecule has 0 saturated carbocycles. The van der Waals surface area contributed by atoms with E-state index in [2.05, 4.69) is 5.32 Å². The first kappa shape index (κ1) is 25.0. The highest BCUT2D eigenvalue weighted by atomic mass is 32.2. The summed E-state index contributed by atoms with van der Waals surface area (Å²) in [6.45, 7) is 1.72. The number of β-lactam (4-membered cyclic amide) rings is 1. The molecule has 186 valence electrons. The van der Waals surface area contributed by atoms with E-state index in [1.807, 2.05) is 6.07 Å². The van der Waals surface area contributed by atoms with Crippen LogP contribution in [0.2, 0.25) is 0 Å². The molecular formula is C25H23N3O7S. The van der Waals surface area contributed by atoms with Gasteiger partial charge in [0.1, 0.15) is 16.8 Å². The van der Waals surface area contributed by atoms with Gasteiger partial charge < -0.3 is 15.2 Å². The fraction of sp³-hybridized carbons (Fsp3) is 0.240. The van der Waals surface area contributed by atoms with Crippen molar-refractivity contribution in [1.82, 2.24) is 10.2 Å². The van der Waals surface area contributed by atoms with Crippen LogP contribution in [0.4, 0.5) is 5.69 Å². The van der Waals surface area contributed by atoms with Crippen LogP contribution in [0.1, 0.15) is 18.9 Å². The van der Waals surface area contributed by atoms with E-state index in [1.54, 1.807) is 55.5 Å². The molecule has 2 aliphatic rings. The Labute approximate surface area is 210 Å². The number of carboxylic acid groups (broad SMARTS) is 1. The number of hydrogen-bond acceptors (Lipinski definition) is 7. The fourth-order valence-electron chi connectivity index (χ4n) is 3.98. The Kier molecular flexibility index (Phi) is 7.39. The van der Waals surface area contributed by atoms with Crippen molar-refractivity contribution in [3.63, 3.8) is 0 Å². The number of thioether (sulfide) groups is 1. The first-order valence-electron chi connectivity index (χ1n) is 11.1. The predicted octanol–water partition coefficient (Wildman–Crippen LogP) is 3.25. The van der Waals surface area contributed by atoms with E-state index >= 15 is 0 Å². The van der Waals surface area contributed by atoms with Crippen molar-refractivity contribution >= 4 is 35.2 Å². The number of rotatable bonds is 9. The smallest absolute Gasteiger partial charge is 0.353 e. The molecule has 2 amide bonds. The van der Waals surface area contributed by atoms with Gasteiger partial charge in [-0.05, 0) is 24.6 Å². The average Bonchev–Trinajstić information content (AvgIpc) is 2.85. The number of carbonyl (C=O) groups is 3. The number of para-hydroxylation sites is 1. The summed E-state index contributed by atoms with van der Waals surface area (Å²) in [5.41, 5.74) is 0.749. The second-order valence-corrected chi connectivity index (χ2v) is 9.39. The van der Waals surface area contributed by atoms with Gasteiger partial charge in [0.2, 0.25) is 5.91 Å². The normalized spacial score (nSPS) is 19.9. The van der Waals surface area contributed by atoms with Crippen molar-refractivity contribution < 1.29 is 29.2 Å². The van der Waals surface area contributed by atoms with Crippen LogP contribution in [0.15, 0.2) is 78.0 Å². The molecule has 1 saturated heterocycles. The van der Waals surface area contributed by atoms with Crippen molar-refractivity contribution in [2.24, 2.45) is 0 Å². The van der Waals surface area contributed by atoms with Gasteiger partial charge in [-0.15, -0.1) is 11.8 Å². The van der Waals surface area contributed by atoms with Gasteiger partial charge in [-0.25, -0.2) is 4.79 Å². The van der Waals surface area contributed by atoms with Gasteiger partial charge in [-0.1, -0.05) is 42.5 Å². The van der Waals surface area contributed by atoms with Gasteiger partial charge in [-0.3, -0.25) is 24.6 Å². The number of benzene rings is 2. The standard InChI is InChI=1S/C25H23N3O7S/c1-2-6-18-22(25(31)32)27-20(29)14-21(27)36-24(18)26-23(30)19(35-17-7-4-3-5-8-17)13-15-9-11-16(12-10-15)28(33)34/h2-12,19,21,24H,13-14H2,1H3,(H,26,30)(H,31,32)/b6-2-/t19?,21-,24?/m1/s1. The molecule has 11 heteroatoms. The van der Waals surface area contributed by atoms with Gasteiger partial charge in [0, 0.05) is 24.1 Å². The molecule has 0 bridgehead atoms. The third kappa shape index (κ3) is 5.25. The highest BCUT2D eigenvalue weighted by Gasteiger charge is 2.48. The molecule has 2 aromatic carbocycles. The van der Waals surface area contributed by atoms with Gasteiger partial charge in [-0.2, -0.15) is 0 Å². The number of nitrogens with one attached hydrogen (secondary N) is 1. The summed E-state index contributed by atoms with van der Waals surface area (Å²) in [5.74, 6) is -1.55. The maximum Gasteiger partial charge on any atom is 0.353 e. The van der Waals surface area contributed by atoms with Crippen molar-refractivity contribution in [3.05, 3.63) is 93.7 Å². The molecular weight excluding hydrogens is 486 g/mol. The molecule has 1 fully saturated rings. The number of nitro groups is 1. The molecule has 0 radical (unpaired) electrons. The molecule has 2 heterocycles. The third-order valence-corrected chi connectivity index (χ3v) is 7.04. The zero-order valence-corrected chi connectivity index (χ0v) is 20.0. The zero-order valence-electron chi connectivity index (χ0n) is 19.2. The summed E-state index contributed by atoms with van der Waals surface area (Å²) in [5, 5.41) is 22.6. The summed E-state index contributed by atoms with van der Waals surface area (Å²) < 4.78 is 5.98. The lowest BCUT2D eigenvalue weighted by atomic mass is 10.0. The minimum atomic E-state index is -1.25. The van der Waals surface area contributed by atoms with Crippen molar-refractivity contribution in [3.8, 4) is 5.75 Å². The molecule has 2 aromatic rings. The highest BCUT2D eigenvalue weighted by Crippen LogP contribution is 2.43. The Morgan fingerprint density at radius 1 is 1.25 bits per heavy atom. The van der Waals surface area contributed by atoms with Gasteiger partial charge >= 0.3 is 5.97 Å². The Bertz CT molecular complexity index is 1240. The number of ether oxygens (including phenoxy) is 1. The number of fused-ring (bicyclic) bond motifs is 1. The molecule has 10 nitrogen and oxygen atoms in total. The van der Waals surface area contributed by atoms with E-state index in [9.17, 15) is 29.6 Å². The molecule has 0 spiro atoms. The molecule has 3 atom stereocenters. The van der Waals surface area contributed by atoms with Crippen LogP contribution in [0.3, 0.4) is 0 Å². The van der Waals surface area contributed by atoms with Crippen LogP contribution in [0.5, 0.6) is 5.75 Å². The number of nitro benzene ring substituents is 1. The molecule has 0 aromatic heterocycles. The number of non-ortho nitro benzene ring substituents is 1. The van der Waals surface area contributed by atoms with E-state index in [0.717, 1.165) is 0 Å². The first-order valence-corrected chi connectivity index (χ1v) is 12.1. The number of carbonyl (C=O) groups excluding carboxylic acids is 2. The molecule has 2 unspecified atom stereocenters. The predicted molar refractivity (Wildman–Crippen MR) is 132 cm³/mol. The molecule has 2 N–H and O–H groups in total. The minimum absolute atomic E-state index is 0.0655. The van der Waals surface area contributed by atoms with Gasteiger partial charge in [0.25, 0.3) is 11.6 Å². The van der Waals surface area contributed by atoms with Crippen molar-refractivity contribution in [1.29, 1.82) is 0 Å². The van der Waals surface area contributed by atoms with Crippen LogP contribution < -0.4 is 10.1 Å². The number of aliphatic carboxylic acids is 1. The van der Waals surface area contributed by atoms with Gasteiger partial charge in [0.15, 0.2) is 6.10 Å². The lowest BCUT2D eigenvalue weighted by Crippen LogP contribution is -2.57. The summed E-state index contributed by atoms with van der Waals surface area (Å²) in [6.07, 6.45) is 2.53. The van der Waals surface area contributed by atoms with E-state index in [0.29, 0.717) is 16.9 Å². The molecule has 4 rings (SSSR count). The summed E-state index contributed by atoms with van der Waals surface area (Å²) >= 11 is 1.29. The van der Waals surface area contributed by atoms with Crippen LogP contribution in [-0.4, -0.2) is 49.6 Å². The van der Waals surface area contributed by atoms with E-state index in [1.165, 1.54) is 28.8 Å². The second kappa shape index (κ2) is 10.6. The number of allylic oxidation sites excluding steroid dienone is 1. The highest BCUT2D eigenvalue weighted by molar-refractivity contribution is 8.00. The minimum Gasteiger partial charge on any atom is -0.480 e. The molecule has 0 aliphatic carbocycles. The SMILES string of the molecule is C/C=C\C1=C(C(=O)O)N2C(=O)C[C@H]2SC1NC(=O)C(Cc1ccc([N+](=O)[O-])cc1)Oc1ccccc1. The van der Waals surface area contributed by atoms with Crippen LogP contribution >= 0.6 is 11.8 Å². The van der Waals surface area contributed by atoms with E-state index in [4.69, 9.17) is 4.74 Å². The summed E-state index contributed by atoms with van der Waals surface area (Å²) in [7, 11) is 0. The number of hydrogen-bond donors (Lipinski definition) is 2. The first-order chi connectivity index (χ1) is 17.3. The second-order valence-electron chi connectivity index (χ2n) is 8.10. The van der Waals surface area contributed by atoms with Crippen LogP contribution in [-0.2, 0) is 20.8 Å². The maximum absolute atomic E-state index is 13.5. The van der Waals surface area contributed by atoms with Crippen LogP contribution in [0, 0.1) is 10.1 Å². The third-order valence-electron chi connectivity index (χ3n) is 5.70. The average molecular weight is 510 g/mol. The number of amides is 2. The Balaban J connectivity index is 1.61. The Morgan fingerprint density at radius 3 is 2.53 bits per heavy atom. The Hall–Kier alpha value is -4.12. The van der Waals surface area contributed by atoms with Gasteiger partial charge in [0.05, 0.1) is 16.7 Å². The van der Waals surface area contributed by atoms with Crippen molar-refractivity contribution in [2.45, 2.75) is 36.6 Å². The number of nitrogens with zero attached hydrogens (tertiary/aromatic N) is 2. The van der Waals surface area contributed by atoms with E-state index < -0.39 is 28.3 Å². The lowest BCUT2D eigenvalue weighted by Gasteiger charge is -2.46. The quantitative estimate of drug-likeness (QED) is 0.298. The van der Waals surface area contributed by atoms with Crippen molar-refractivity contribution in [2.75, 3.05) is 0 Å². The van der Waals surface area contributed by atoms with E-state index in [-0.39, 0.29) is 35.5 Å².